The van der Waals surface area contributed by atoms with E-state index in [1.807, 2.05) is 0 Å². The average molecular weight is 518 g/mol. The van der Waals surface area contributed by atoms with E-state index in [0.29, 0.717) is 18.2 Å². The zero-order valence-electron chi connectivity index (χ0n) is 24.0. The van der Waals surface area contributed by atoms with Crippen molar-refractivity contribution in [2.24, 2.45) is 4.99 Å². The van der Waals surface area contributed by atoms with Gasteiger partial charge in [0.1, 0.15) is 6.61 Å². The van der Waals surface area contributed by atoms with Gasteiger partial charge in [0.15, 0.2) is 14.3 Å². The van der Waals surface area contributed by atoms with Crippen LogP contribution in [0.4, 0.5) is 0 Å². The van der Waals surface area contributed by atoms with Gasteiger partial charge >= 0.3 is 5.97 Å². The van der Waals surface area contributed by atoms with Crippen molar-refractivity contribution in [1.29, 1.82) is 0 Å². The van der Waals surface area contributed by atoms with Gasteiger partial charge < -0.3 is 19.4 Å². The van der Waals surface area contributed by atoms with E-state index in [-0.39, 0.29) is 23.7 Å². The number of hydrogen-bond acceptors (Lipinski definition) is 6. The van der Waals surface area contributed by atoms with Crippen LogP contribution in [0.25, 0.3) is 0 Å². The largest absolute Gasteiger partial charge is 0.458 e. The first-order chi connectivity index (χ1) is 16.9. The lowest BCUT2D eigenvalue weighted by molar-refractivity contribution is -0.138. The zero-order chi connectivity index (χ0) is 26.5. The summed E-state index contributed by atoms with van der Waals surface area (Å²) in [6.45, 7) is 20.0. The Morgan fingerprint density at radius 1 is 1.22 bits per heavy atom. The Kier molecular flexibility index (Phi) is 9.89. The van der Waals surface area contributed by atoms with Crippen molar-refractivity contribution >= 4 is 20.2 Å². The molecule has 0 aliphatic carbocycles. The van der Waals surface area contributed by atoms with E-state index in [2.05, 4.69) is 64.5 Å². The van der Waals surface area contributed by atoms with Gasteiger partial charge in [-0.25, -0.2) is 9.79 Å². The Morgan fingerprint density at radius 3 is 2.61 bits per heavy atom. The van der Waals surface area contributed by atoms with Gasteiger partial charge in [0.05, 0.1) is 17.7 Å². The normalized spacial score (nSPS) is 24.7. The number of rotatable bonds is 13. The van der Waals surface area contributed by atoms with Crippen LogP contribution in [0.1, 0.15) is 98.8 Å². The molecule has 3 rings (SSSR count). The monoisotopic (exact) mass is 517 g/mol. The Labute approximate surface area is 221 Å². The smallest absolute Gasteiger partial charge is 0.338 e. The summed E-state index contributed by atoms with van der Waals surface area (Å²) in [6.07, 6.45) is 13.0. The predicted octanol–water partition coefficient (Wildman–Crippen LogP) is 6.70. The first-order valence-corrected chi connectivity index (χ1v) is 17.2. The first kappa shape index (κ1) is 29.0. The van der Waals surface area contributed by atoms with Crippen LogP contribution >= 0.6 is 0 Å². The molecule has 0 radical (unpaired) electrons. The minimum absolute atomic E-state index is 0.0946. The highest BCUT2D eigenvalue weighted by Crippen LogP contribution is 2.39. The van der Waals surface area contributed by atoms with Gasteiger partial charge in [0, 0.05) is 17.8 Å². The molecule has 36 heavy (non-hydrogen) atoms. The maximum absolute atomic E-state index is 13.0. The lowest BCUT2D eigenvalue weighted by atomic mass is 9.96. The lowest BCUT2D eigenvalue weighted by Crippen LogP contribution is -2.56. The molecule has 6 nitrogen and oxygen atoms in total. The molecule has 4 atom stereocenters. The molecule has 0 amide bonds. The van der Waals surface area contributed by atoms with Crippen LogP contribution in [-0.4, -0.2) is 56.0 Å². The minimum Gasteiger partial charge on any atom is -0.458 e. The summed E-state index contributed by atoms with van der Waals surface area (Å²) in [5.41, 5.74) is 1.85. The summed E-state index contributed by atoms with van der Waals surface area (Å²) in [4.78, 5) is 20.3. The fourth-order valence-corrected chi connectivity index (χ4v) is 7.09. The topological polar surface area (TPSA) is 63.2 Å². The quantitative estimate of drug-likeness (QED) is 0.128. The molecule has 3 heterocycles. The van der Waals surface area contributed by atoms with E-state index in [0.717, 1.165) is 62.2 Å². The van der Waals surface area contributed by atoms with Crippen molar-refractivity contribution in [3.63, 3.8) is 0 Å². The van der Waals surface area contributed by atoms with Crippen LogP contribution in [0.5, 0.6) is 0 Å². The van der Waals surface area contributed by atoms with Gasteiger partial charge in [-0.05, 0) is 70.5 Å². The number of unbranched alkanes of at least 4 members (excludes halogenated alkanes) is 4. The molecule has 0 bridgehead atoms. The number of carbonyl (C=O) groups is 1. The van der Waals surface area contributed by atoms with Crippen molar-refractivity contribution < 1.29 is 14.0 Å². The molecule has 1 N–H and O–H groups in total. The fourth-order valence-electron chi connectivity index (χ4n) is 5.61. The second kappa shape index (κ2) is 12.3. The van der Waals surface area contributed by atoms with Gasteiger partial charge in [-0.2, -0.15) is 0 Å². The van der Waals surface area contributed by atoms with Crippen LogP contribution < -0.4 is 5.32 Å². The molecule has 3 aliphatic rings. The predicted molar refractivity (Wildman–Crippen MR) is 152 cm³/mol. The molecule has 0 aromatic heterocycles. The summed E-state index contributed by atoms with van der Waals surface area (Å²) < 4.78 is 12.0. The number of ether oxygens (including phenoxy) is 1. The van der Waals surface area contributed by atoms with Crippen LogP contribution in [-0.2, 0) is 14.0 Å². The highest BCUT2D eigenvalue weighted by molar-refractivity contribution is 6.74. The number of carbonyl (C=O) groups excluding carboxylic acids is 1. The highest BCUT2D eigenvalue weighted by Gasteiger charge is 2.46. The Balaban J connectivity index is 1.50. The highest BCUT2D eigenvalue weighted by atomic mass is 28.4. The molecular weight excluding hydrogens is 466 g/mol. The van der Waals surface area contributed by atoms with Crippen molar-refractivity contribution in [2.75, 3.05) is 6.61 Å². The maximum Gasteiger partial charge on any atom is 0.338 e. The standard InChI is InChI=1S/C29H51N3O3Si/c1-9-19-34-27(33)26-24(31-28-30-21(2)20-23-17-18-25(26)32(23)28)16-14-12-10-11-13-15-22(3)35-36(7,8)29(4,5)6/h9,21-23,25H,1,10-20H2,2-8H3,(H,30,31)/t21-,22+,23+,25-/m0/s1. The maximum atomic E-state index is 13.0. The SMILES string of the molecule is C=CCOC(=O)C1=C(CCCCCCC[C@@H](C)O[Si](C)(C)C(C)(C)C)NC2=N[C@@H](C)C[C@H]3CC[C@@H]1N23. The minimum atomic E-state index is -1.68. The number of esters is 1. The van der Waals surface area contributed by atoms with Crippen LogP contribution in [0.3, 0.4) is 0 Å². The van der Waals surface area contributed by atoms with E-state index in [4.69, 9.17) is 14.2 Å². The van der Waals surface area contributed by atoms with Crippen molar-refractivity contribution in [1.82, 2.24) is 10.2 Å². The second-order valence-electron chi connectivity index (χ2n) is 12.6. The molecule has 3 aliphatic heterocycles. The Hall–Kier alpha value is -1.60. The number of hydrogen-bond donors (Lipinski definition) is 1. The van der Waals surface area contributed by atoms with Crippen LogP contribution in [0.2, 0.25) is 18.1 Å². The number of allylic oxidation sites excluding steroid dienone is 1. The van der Waals surface area contributed by atoms with E-state index >= 15 is 0 Å². The van der Waals surface area contributed by atoms with E-state index in [1.165, 1.54) is 19.3 Å². The molecular formula is C29H51N3O3Si. The summed E-state index contributed by atoms with van der Waals surface area (Å²) >= 11 is 0. The van der Waals surface area contributed by atoms with Gasteiger partial charge in [-0.15, -0.1) is 0 Å². The van der Waals surface area contributed by atoms with E-state index in [1.54, 1.807) is 6.08 Å². The molecule has 0 aromatic rings. The van der Waals surface area contributed by atoms with Crippen LogP contribution in [0.15, 0.2) is 28.9 Å². The fraction of sp³-hybridized carbons (Fsp3) is 0.793. The number of guanidine groups is 1. The second-order valence-corrected chi connectivity index (χ2v) is 17.3. The number of nitrogens with one attached hydrogen (secondary N) is 1. The molecule has 0 spiro atoms. The average Bonchev–Trinajstić information content (AvgIpc) is 3.19. The molecule has 204 valence electrons. The molecule has 1 saturated heterocycles. The summed E-state index contributed by atoms with van der Waals surface area (Å²) in [5.74, 6) is 0.767. The van der Waals surface area contributed by atoms with Gasteiger partial charge in [0.2, 0.25) is 0 Å². The zero-order valence-corrected chi connectivity index (χ0v) is 25.0. The van der Waals surface area contributed by atoms with Gasteiger partial charge in [-0.3, -0.25) is 0 Å². The number of nitrogens with zero attached hydrogens (tertiary/aromatic N) is 2. The van der Waals surface area contributed by atoms with Crippen molar-refractivity contribution in [3.8, 4) is 0 Å². The molecule has 0 aromatic carbocycles. The first-order valence-electron chi connectivity index (χ1n) is 14.3. The summed E-state index contributed by atoms with van der Waals surface area (Å²) in [7, 11) is -1.68. The lowest BCUT2D eigenvalue weighted by Gasteiger charge is -2.42. The van der Waals surface area contributed by atoms with Crippen molar-refractivity contribution in [3.05, 3.63) is 23.9 Å². The third-order valence-corrected chi connectivity index (χ3v) is 13.1. The van der Waals surface area contributed by atoms with E-state index in [9.17, 15) is 4.79 Å². The molecule has 0 saturated carbocycles. The third kappa shape index (κ3) is 7.03. The Bertz CT molecular complexity index is 845. The summed E-state index contributed by atoms with van der Waals surface area (Å²) in [6, 6.07) is 0.889. The molecule has 0 unspecified atom stereocenters. The summed E-state index contributed by atoms with van der Waals surface area (Å²) in [5, 5.41) is 3.82. The van der Waals surface area contributed by atoms with Crippen molar-refractivity contribution in [2.45, 2.75) is 141 Å². The van der Waals surface area contributed by atoms with Gasteiger partial charge in [-0.1, -0.05) is 59.1 Å². The Morgan fingerprint density at radius 2 is 1.92 bits per heavy atom. The van der Waals surface area contributed by atoms with E-state index < -0.39 is 8.32 Å². The van der Waals surface area contributed by atoms with Gasteiger partial charge in [0.25, 0.3) is 0 Å². The molecule has 7 heteroatoms. The third-order valence-electron chi connectivity index (χ3n) is 8.52. The number of aliphatic imine (C=N–C) groups is 1. The molecule has 1 fully saturated rings. The van der Waals surface area contributed by atoms with Crippen LogP contribution in [0, 0.1) is 0 Å².